The van der Waals surface area contributed by atoms with Gasteiger partial charge in [-0.25, -0.2) is 0 Å². The average Bonchev–Trinajstić information content (AvgIpc) is 3.26. The molecule has 6 nitrogen and oxygen atoms in total. The van der Waals surface area contributed by atoms with E-state index in [1.54, 1.807) is 22.7 Å². The van der Waals surface area contributed by atoms with E-state index < -0.39 is 0 Å². The van der Waals surface area contributed by atoms with E-state index in [0.717, 1.165) is 22.7 Å². The molecule has 0 N–H and O–H groups in total. The van der Waals surface area contributed by atoms with E-state index in [1.807, 2.05) is 55.6 Å². The first-order valence-electron chi connectivity index (χ1n) is 7.90. The van der Waals surface area contributed by atoms with Gasteiger partial charge >= 0.3 is 0 Å². The van der Waals surface area contributed by atoms with Gasteiger partial charge in [0.1, 0.15) is 0 Å². The van der Waals surface area contributed by atoms with Crippen molar-refractivity contribution in [3.63, 3.8) is 0 Å². The van der Waals surface area contributed by atoms with E-state index in [0.29, 0.717) is 11.4 Å². The first-order valence-corrected chi connectivity index (χ1v) is 7.90. The van der Waals surface area contributed by atoms with Crippen molar-refractivity contribution < 1.29 is 14.3 Å². The number of para-hydroxylation sites is 1. The molecule has 6 heteroatoms. The Bertz CT molecular complexity index is 934. The molecule has 0 spiro atoms. The highest BCUT2D eigenvalue weighted by Crippen LogP contribution is 2.36. The van der Waals surface area contributed by atoms with Gasteiger partial charge in [0.2, 0.25) is 6.79 Å². The molecule has 1 aromatic heterocycles. The second kappa shape index (κ2) is 5.98. The first-order chi connectivity index (χ1) is 12.1. The molecule has 1 aliphatic heterocycles. The maximum absolute atomic E-state index is 12.7. The maximum atomic E-state index is 12.7. The molecular weight excluding hydrogens is 318 g/mol. The number of benzene rings is 2. The topological polar surface area (TPSA) is 56.6 Å². The van der Waals surface area contributed by atoms with E-state index in [9.17, 15) is 4.79 Å². The van der Waals surface area contributed by atoms with Crippen LogP contribution in [-0.4, -0.2) is 29.5 Å². The Balaban J connectivity index is 1.65. The number of aryl methyl sites for hydroxylation is 1. The van der Waals surface area contributed by atoms with Crippen LogP contribution in [0.15, 0.2) is 54.6 Å². The number of ether oxygens (including phenoxy) is 2. The minimum atomic E-state index is -0.159. The fourth-order valence-corrected chi connectivity index (χ4v) is 2.84. The highest BCUT2D eigenvalue weighted by atomic mass is 16.7. The number of hydrogen-bond acceptors (Lipinski definition) is 4. The summed E-state index contributed by atoms with van der Waals surface area (Å²) in [5.74, 6) is 1.27. The third-order valence-electron chi connectivity index (χ3n) is 4.22. The van der Waals surface area contributed by atoms with Gasteiger partial charge in [-0.05, 0) is 36.4 Å². The summed E-state index contributed by atoms with van der Waals surface area (Å²) in [6.07, 6.45) is 0. The van der Waals surface area contributed by atoms with Crippen LogP contribution in [0.3, 0.4) is 0 Å². The lowest BCUT2D eigenvalue weighted by molar-refractivity contribution is 0.0987. The molecule has 0 unspecified atom stereocenters. The first kappa shape index (κ1) is 15.3. The van der Waals surface area contributed by atoms with E-state index in [-0.39, 0.29) is 12.7 Å². The van der Waals surface area contributed by atoms with Crippen molar-refractivity contribution in [2.24, 2.45) is 7.05 Å². The van der Waals surface area contributed by atoms with Gasteiger partial charge in [0.25, 0.3) is 5.91 Å². The number of carbonyl (C=O) groups is 1. The van der Waals surface area contributed by atoms with Crippen LogP contribution in [0, 0.1) is 0 Å². The highest BCUT2D eigenvalue weighted by Gasteiger charge is 2.20. The van der Waals surface area contributed by atoms with Crippen LogP contribution in [0.25, 0.3) is 11.3 Å². The number of rotatable bonds is 3. The number of carbonyl (C=O) groups excluding carboxylic acids is 1. The van der Waals surface area contributed by atoms with Gasteiger partial charge in [0.15, 0.2) is 17.2 Å². The number of anilines is 1. The van der Waals surface area contributed by atoms with Gasteiger partial charge in [0, 0.05) is 25.3 Å². The van der Waals surface area contributed by atoms with Crippen molar-refractivity contribution in [1.82, 2.24) is 9.78 Å². The van der Waals surface area contributed by atoms with Gasteiger partial charge in [-0.1, -0.05) is 18.2 Å². The summed E-state index contributed by atoms with van der Waals surface area (Å²) in [6.45, 7) is 0.232. The van der Waals surface area contributed by atoms with Crippen molar-refractivity contribution in [3.05, 3.63) is 60.3 Å². The molecule has 1 amide bonds. The molecule has 0 saturated heterocycles. The predicted octanol–water partition coefficient (Wildman–Crippen LogP) is 3.09. The van der Waals surface area contributed by atoms with Crippen molar-refractivity contribution in [2.75, 3.05) is 18.7 Å². The summed E-state index contributed by atoms with van der Waals surface area (Å²) in [5, 5.41) is 4.38. The minimum absolute atomic E-state index is 0.159. The summed E-state index contributed by atoms with van der Waals surface area (Å²) in [7, 11) is 3.56. The molecule has 0 aliphatic carbocycles. The zero-order chi connectivity index (χ0) is 17.4. The third-order valence-corrected chi connectivity index (χ3v) is 4.22. The molecule has 2 aromatic carbocycles. The number of aromatic nitrogens is 2. The molecule has 0 fully saturated rings. The van der Waals surface area contributed by atoms with Gasteiger partial charge in [-0.15, -0.1) is 0 Å². The molecule has 25 heavy (non-hydrogen) atoms. The lowest BCUT2D eigenvalue weighted by Crippen LogP contribution is -2.26. The smallest absolute Gasteiger partial charge is 0.278 e. The molecule has 2 heterocycles. The quantitative estimate of drug-likeness (QED) is 0.738. The summed E-state index contributed by atoms with van der Waals surface area (Å²) >= 11 is 0. The Hall–Kier alpha value is -3.28. The maximum Gasteiger partial charge on any atom is 0.278 e. The summed E-state index contributed by atoms with van der Waals surface area (Å²) < 4.78 is 12.5. The minimum Gasteiger partial charge on any atom is -0.454 e. The Morgan fingerprint density at radius 2 is 1.84 bits per heavy atom. The van der Waals surface area contributed by atoms with Crippen molar-refractivity contribution >= 4 is 11.6 Å². The summed E-state index contributed by atoms with van der Waals surface area (Å²) in [6, 6.07) is 17.0. The third kappa shape index (κ3) is 2.71. The number of nitrogens with zero attached hydrogens (tertiary/aromatic N) is 3. The van der Waals surface area contributed by atoms with E-state index >= 15 is 0 Å². The lowest BCUT2D eigenvalue weighted by atomic mass is 10.1. The standard InChI is InChI=1S/C19H17N3O3/c1-21(14-6-4-3-5-7-14)19(23)15-11-16(22(2)20-15)13-8-9-17-18(10-13)25-12-24-17/h3-11H,12H2,1-2H3. The second-order valence-electron chi connectivity index (χ2n) is 5.81. The summed E-state index contributed by atoms with van der Waals surface area (Å²) in [4.78, 5) is 14.3. The van der Waals surface area contributed by atoms with Crippen LogP contribution in [0.5, 0.6) is 11.5 Å². The van der Waals surface area contributed by atoms with Gasteiger partial charge < -0.3 is 14.4 Å². The molecule has 0 bridgehead atoms. The van der Waals surface area contributed by atoms with Crippen molar-refractivity contribution in [1.29, 1.82) is 0 Å². The number of fused-ring (bicyclic) bond motifs is 1. The molecule has 4 rings (SSSR count). The van der Waals surface area contributed by atoms with Gasteiger partial charge in [0.05, 0.1) is 5.69 Å². The lowest BCUT2D eigenvalue weighted by Gasteiger charge is -2.15. The Kier molecular flexibility index (Phi) is 3.65. The number of amides is 1. The molecule has 0 atom stereocenters. The van der Waals surface area contributed by atoms with Crippen LogP contribution < -0.4 is 14.4 Å². The van der Waals surface area contributed by atoms with E-state index in [4.69, 9.17) is 9.47 Å². The zero-order valence-electron chi connectivity index (χ0n) is 14.0. The molecule has 126 valence electrons. The zero-order valence-corrected chi connectivity index (χ0v) is 14.0. The van der Waals surface area contributed by atoms with Crippen molar-refractivity contribution in [3.8, 4) is 22.8 Å². The Morgan fingerprint density at radius 1 is 1.08 bits per heavy atom. The average molecular weight is 335 g/mol. The SMILES string of the molecule is CN(C(=O)c1cc(-c2ccc3c(c2)OCO3)n(C)n1)c1ccccc1. The Morgan fingerprint density at radius 3 is 2.64 bits per heavy atom. The molecule has 0 saturated carbocycles. The van der Waals surface area contributed by atoms with Crippen LogP contribution >= 0.6 is 0 Å². The van der Waals surface area contributed by atoms with Crippen LogP contribution in [0.2, 0.25) is 0 Å². The highest BCUT2D eigenvalue weighted by molar-refractivity contribution is 6.05. The fraction of sp³-hybridized carbons (Fsp3) is 0.158. The molecule has 1 aliphatic rings. The summed E-state index contributed by atoms with van der Waals surface area (Å²) in [5.41, 5.74) is 2.97. The largest absolute Gasteiger partial charge is 0.454 e. The van der Waals surface area contributed by atoms with Gasteiger partial charge in [-0.2, -0.15) is 5.10 Å². The van der Waals surface area contributed by atoms with E-state index in [1.165, 1.54) is 0 Å². The molecule has 0 radical (unpaired) electrons. The number of hydrogen-bond donors (Lipinski definition) is 0. The van der Waals surface area contributed by atoms with Crippen molar-refractivity contribution in [2.45, 2.75) is 0 Å². The predicted molar refractivity (Wildman–Crippen MR) is 93.9 cm³/mol. The molecular formula is C19H17N3O3. The van der Waals surface area contributed by atoms with Gasteiger partial charge in [-0.3, -0.25) is 9.48 Å². The van der Waals surface area contributed by atoms with E-state index in [2.05, 4.69) is 5.10 Å². The fourth-order valence-electron chi connectivity index (χ4n) is 2.84. The second-order valence-corrected chi connectivity index (χ2v) is 5.81. The molecule has 3 aromatic rings. The normalized spacial score (nSPS) is 12.2. The Labute approximate surface area is 145 Å². The van der Waals surface area contributed by atoms with Crippen LogP contribution in [0.1, 0.15) is 10.5 Å². The van der Waals surface area contributed by atoms with Crippen LogP contribution in [0.4, 0.5) is 5.69 Å². The van der Waals surface area contributed by atoms with Crippen LogP contribution in [-0.2, 0) is 7.05 Å². The monoisotopic (exact) mass is 335 g/mol.